The van der Waals surface area contributed by atoms with E-state index in [4.69, 9.17) is 10.6 Å². The van der Waals surface area contributed by atoms with Crippen LogP contribution in [0.4, 0.5) is 0 Å². The van der Waals surface area contributed by atoms with Crippen molar-refractivity contribution in [2.45, 2.75) is 25.3 Å². The molecule has 2 rings (SSSR count). The summed E-state index contributed by atoms with van der Waals surface area (Å²) in [6, 6.07) is 4.09. The van der Waals surface area contributed by atoms with Crippen LogP contribution in [0.15, 0.2) is 30.7 Å². The number of rotatable bonds is 7. The van der Waals surface area contributed by atoms with Gasteiger partial charge in [-0.3, -0.25) is 16.0 Å². The first-order valence-electron chi connectivity index (χ1n) is 6.64. The first kappa shape index (κ1) is 14.5. The molecule has 3 N–H and O–H groups in total. The molecule has 0 bridgehead atoms. The maximum absolute atomic E-state index is 5.63. The molecule has 0 amide bonds. The fourth-order valence-electron chi connectivity index (χ4n) is 2.12. The molecular formula is C14H21N5O. The highest BCUT2D eigenvalue weighted by molar-refractivity contribution is 5.18. The van der Waals surface area contributed by atoms with Crippen molar-refractivity contribution in [3.63, 3.8) is 0 Å². The number of nitrogens with two attached hydrogens (primary N) is 1. The van der Waals surface area contributed by atoms with Crippen molar-refractivity contribution in [1.82, 2.24) is 20.2 Å². The normalized spacial score (nSPS) is 12.3. The van der Waals surface area contributed by atoms with E-state index in [2.05, 4.69) is 15.5 Å². The van der Waals surface area contributed by atoms with Crippen molar-refractivity contribution < 1.29 is 4.74 Å². The second-order valence-electron chi connectivity index (χ2n) is 4.84. The Morgan fingerprint density at radius 2 is 2.20 bits per heavy atom. The van der Waals surface area contributed by atoms with Crippen molar-refractivity contribution in [3.8, 4) is 5.88 Å². The summed E-state index contributed by atoms with van der Waals surface area (Å²) < 4.78 is 6.86. The molecule has 0 aliphatic heterocycles. The van der Waals surface area contributed by atoms with E-state index >= 15 is 0 Å². The van der Waals surface area contributed by atoms with E-state index in [1.807, 2.05) is 42.5 Å². The predicted octanol–water partition coefficient (Wildman–Crippen LogP) is 0.831. The summed E-state index contributed by atoms with van der Waals surface area (Å²) >= 11 is 0. The van der Waals surface area contributed by atoms with E-state index in [-0.39, 0.29) is 6.04 Å². The molecular weight excluding hydrogens is 254 g/mol. The predicted molar refractivity (Wildman–Crippen MR) is 77.1 cm³/mol. The molecule has 1 atom stereocenters. The minimum Gasteiger partial charge on any atom is -0.481 e. The van der Waals surface area contributed by atoms with Gasteiger partial charge in [0, 0.05) is 31.5 Å². The zero-order valence-corrected chi connectivity index (χ0v) is 11.9. The van der Waals surface area contributed by atoms with Crippen molar-refractivity contribution in [1.29, 1.82) is 0 Å². The molecule has 0 fully saturated rings. The van der Waals surface area contributed by atoms with Gasteiger partial charge in [-0.05, 0) is 30.4 Å². The number of pyridine rings is 1. The topological polar surface area (TPSA) is 78.0 Å². The number of hydrogen-bond donors (Lipinski definition) is 2. The maximum atomic E-state index is 5.63. The molecule has 0 aliphatic carbocycles. The summed E-state index contributed by atoms with van der Waals surface area (Å²) in [6.45, 7) is 0. The van der Waals surface area contributed by atoms with Gasteiger partial charge in [-0.25, -0.2) is 4.98 Å². The lowest BCUT2D eigenvalue weighted by atomic mass is 10.0. The summed E-state index contributed by atoms with van der Waals surface area (Å²) in [5.74, 6) is 6.26. The maximum Gasteiger partial charge on any atom is 0.212 e. The summed E-state index contributed by atoms with van der Waals surface area (Å²) in [5.41, 5.74) is 5.23. The molecule has 2 aromatic rings. The van der Waals surface area contributed by atoms with E-state index in [9.17, 15) is 0 Å². The average molecular weight is 275 g/mol. The standard InChI is InChI=1S/C14H21N5O/c1-19-10-12(9-17-19)3-5-13(18-15)7-11-4-6-14(20-2)16-8-11/h4,6,8-10,13,18H,3,5,7,15H2,1-2H3. The molecule has 6 heteroatoms. The Hall–Kier alpha value is -1.92. The SMILES string of the molecule is COc1ccc(CC(CCc2cnn(C)c2)NN)cn1. The average Bonchev–Trinajstić information content (AvgIpc) is 2.89. The van der Waals surface area contributed by atoms with E-state index in [1.165, 1.54) is 5.56 Å². The Kier molecular flexibility index (Phi) is 5.09. The number of nitrogens with zero attached hydrogens (tertiary/aromatic N) is 3. The Bertz CT molecular complexity index is 523. The molecule has 0 radical (unpaired) electrons. The lowest BCUT2D eigenvalue weighted by Gasteiger charge is -2.15. The molecule has 0 saturated heterocycles. The Balaban J connectivity index is 1.87. The molecule has 0 spiro atoms. The summed E-state index contributed by atoms with van der Waals surface area (Å²) in [5, 5.41) is 4.16. The van der Waals surface area contributed by atoms with E-state index in [1.54, 1.807) is 7.11 Å². The fraction of sp³-hybridized carbons (Fsp3) is 0.429. The molecule has 1 unspecified atom stereocenters. The van der Waals surface area contributed by atoms with Crippen LogP contribution in [0.2, 0.25) is 0 Å². The molecule has 0 aliphatic rings. The molecule has 2 aromatic heterocycles. The first-order valence-corrected chi connectivity index (χ1v) is 6.64. The van der Waals surface area contributed by atoms with Crippen molar-refractivity contribution in [2.75, 3.05) is 7.11 Å². The van der Waals surface area contributed by atoms with Gasteiger partial charge in [-0.1, -0.05) is 6.07 Å². The highest BCUT2D eigenvalue weighted by atomic mass is 16.5. The number of methoxy groups -OCH3 is 1. The van der Waals surface area contributed by atoms with Crippen LogP contribution in [0.1, 0.15) is 17.5 Å². The molecule has 20 heavy (non-hydrogen) atoms. The van der Waals surface area contributed by atoms with Crippen LogP contribution in [0.5, 0.6) is 5.88 Å². The highest BCUT2D eigenvalue weighted by Gasteiger charge is 2.09. The van der Waals surface area contributed by atoms with Crippen molar-refractivity contribution >= 4 is 0 Å². The number of hydrazine groups is 1. The number of aromatic nitrogens is 3. The van der Waals surface area contributed by atoms with E-state index in [0.29, 0.717) is 5.88 Å². The number of ether oxygens (including phenoxy) is 1. The van der Waals surface area contributed by atoms with Gasteiger partial charge in [0.2, 0.25) is 5.88 Å². The summed E-state index contributed by atoms with van der Waals surface area (Å²) in [7, 11) is 3.53. The van der Waals surface area contributed by atoms with Crippen molar-refractivity contribution in [2.24, 2.45) is 12.9 Å². The number of hydrogen-bond acceptors (Lipinski definition) is 5. The third kappa shape index (κ3) is 4.04. The quantitative estimate of drug-likeness (QED) is 0.578. The summed E-state index contributed by atoms with van der Waals surface area (Å²) in [4.78, 5) is 4.20. The van der Waals surface area contributed by atoms with Gasteiger partial charge >= 0.3 is 0 Å². The zero-order chi connectivity index (χ0) is 14.4. The molecule has 0 saturated carbocycles. The van der Waals surface area contributed by atoms with E-state index < -0.39 is 0 Å². The van der Waals surface area contributed by atoms with Crippen LogP contribution in [-0.2, 0) is 19.9 Å². The van der Waals surface area contributed by atoms with Gasteiger partial charge in [-0.15, -0.1) is 0 Å². The van der Waals surface area contributed by atoms with Gasteiger partial charge in [0.1, 0.15) is 0 Å². The van der Waals surface area contributed by atoms with Gasteiger partial charge in [0.15, 0.2) is 0 Å². The van der Waals surface area contributed by atoms with Gasteiger partial charge in [-0.2, -0.15) is 5.10 Å². The lowest BCUT2D eigenvalue weighted by molar-refractivity contribution is 0.397. The second-order valence-corrected chi connectivity index (χ2v) is 4.84. The number of nitrogens with one attached hydrogen (secondary N) is 1. The minimum atomic E-state index is 0.213. The van der Waals surface area contributed by atoms with Crippen molar-refractivity contribution in [3.05, 3.63) is 41.9 Å². The third-order valence-electron chi connectivity index (χ3n) is 3.26. The van der Waals surface area contributed by atoms with Crippen LogP contribution in [0.25, 0.3) is 0 Å². The Morgan fingerprint density at radius 1 is 1.35 bits per heavy atom. The Morgan fingerprint density at radius 3 is 2.75 bits per heavy atom. The van der Waals surface area contributed by atoms with Gasteiger partial charge in [0.05, 0.1) is 13.3 Å². The van der Waals surface area contributed by atoms with Crippen LogP contribution in [0, 0.1) is 0 Å². The third-order valence-corrected chi connectivity index (χ3v) is 3.26. The van der Waals surface area contributed by atoms with Gasteiger partial charge in [0.25, 0.3) is 0 Å². The monoisotopic (exact) mass is 275 g/mol. The molecule has 0 aromatic carbocycles. The molecule has 108 valence electrons. The smallest absolute Gasteiger partial charge is 0.212 e. The second kappa shape index (κ2) is 7.02. The van der Waals surface area contributed by atoms with E-state index in [0.717, 1.165) is 24.8 Å². The minimum absolute atomic E-state index is 0.213. The summed E-state index contributed by atoms with van der Waals surface area (Å²) in [6.07, 6.45) is 8.49. The lowest BCUT2D eigenvalue weighted by Crippen LogP contribution is -2.37. The first-order chi connectivity index (χ1) is 9.71. The number of aryl methyl sites for hydroxylation is 2. The van der Waals surface area contributed by atoms with Crippen LogP contribution in [0.3, 0.4) is 0 Å². The molecule has 6 nitrogen and oxygen atoms in total. The van der Waals surface area contributed by atoms with Crippen LogP contribution < -0.4 is 16.0 Å². The largest absolute Gasteiger partial charge is 0.481 e. The fourth-order valence-corrected chi connectivity index (χ4v) is 2.12. The van der Waals surface area contributed by atoms with Crippen LogP contribution in [-0.4, -0.2) is 27.9 Å². The Labute approximate surface area is 118 Å². The van der Waals surface area contributed by atoms with Crippen LogP contribution >= 0.6 is 0 Å². The molecule has 2 heterocycles. The van der Waals surface area contributed by atoms with Gasteiger partial charge < -0.3 is 4.74 Å². The highest BCUT2D eigenvalue weighted by Crippen LogP contribution is 2.11. The zero-order valence-electron chi connectivity index (χ0n) is 11.9.